The summed E-state index contributed by atoms with van der Waals surface area (Å²) >= 11 is 9.50. The van der Waals surface area contributed by atoms with Crippen molar-refractivity contribution in [3.05, 3.63) is 74.7 Å². The maximum atomic E-state index is 12.3. The van der Waals surface area contributed by atoms with Gasteiger partial charge in [-0.3, -0.25) is 4.99 Å². The number of halogens is 1. The smallest absolute Gasteiger partial charge is 0.271 e. The molecule has 3 rings (SSSR count). The molecule has 2 aromatic carbocycles. The average molecular weight is 448 g/mol. The number of thioether (sulfide) groups is 2. The van der Waals surface area contributed by atoms with Crippen molar-refractivity contribution < 1.29 is 0 Å². The quantitative estimate of drug-likeness (QED) is 0.420. The van der Waals surface area contributed by atoms with E-state index in [4.69, 9.17) is 16.6 Å². The van der Waals surface area contributed by atoms with Gasteiger partial charge in [0.15, 0.2) is 0 Å². The van der Waals surface area contributed by atoms with E-state index in [1.54, 1.807) is 30.6 Å². The van der Waals surface area contributed by atoms with Crippen molar-refractivity contribution in [1.82, 2.24) is 19.8 Å². The number of tetrazole rings is 1. The first-order chi connectivity index (χ1) is 14.0. The van der Waals surface area contributed by atoms with Crippen molar-refractivity contribution in [2.75, 3.05) is 12.8 Å². The molecule has 0 atom stereocenters. The lowest BCUT2D eigenvalue weighted by atomic mass is 10.1. The van der Waals surface area contributed by atoms with Crippen LogP contribution in [0.5, 0.6) is 0 Å². The first-order valence-electron chi connectivity index (χ1n) is 9.03. The van der Waals surface area contributed by atoms with Crippen molar-refractivity contribution in [3.63, 3.8) is 0 Å². The molecule has 0 bridgehead atoms. The highest BCUT2D eigenvalue weighted by Gasteiger charge is 2.14. The summed E-state index contributed by atoms with van der Waals surface area (Å²) in [4.78, 5) is 17.0. The molecule has 0 spiro atoms. The van der Waals surface area contributed by atoms with E-state index in [0.29, 0.717) is 12.3 Å². The number of hydrogen-bond donors (Lipinski definition) is 0. The molecule has 0 radical (unpaired) electrons. The van der Waals surface area contributed by atoms with Crippen LogP contribution in [0.15, 0.2) is 52.3 Å². The Kier molecular flexibility index (Phi) is 7.57. The average Bonchev–Trinajstić information content (AvgIpc) is 3.05. The second-order valence-corrected chi connectivity index (χ2v) is 8.78. The van der Waals surface area contributed by atoms with Crippen molar-refractivity contribution in [2.45, 2.75) is 19.1 Å². The molecule has 0 saturated carbocycles. The number of nitrogens with zero attached hydrogens (tertiary/aromatic N) is 5. The molecule has 1 aromatic heterocycles. The molecule has 0 unspecified atom stereocenters. The summed E-state index contributed by atoms with van der Waals surface area (Å²) in [7, 11) is 1.59. The van der Waals surface area contributed by atoms with E-state index in [9.17, 15) is 4.79 Å². The Bertz CT molecular complexity index is 1080. The molecule has 0 aliphatic heterocycles. The highest BCUT2D eigenvalue weighted by atomic mass is 35.5. The van der Waals surface area contributed by atoms with E-state index < -0.39 is 0 Å². The standard InChI is InChI=1S/C20H22ClN5OS2/c1-14-7-6-10-18(26-20(27)25(2)23-24-26)16(14)13-29-19(28-3)22-12-11-15-8-4-5-9-17(15)21/h4-10H,11-13H2,1-3H3. The topological polar surface area (TPSA) is 65.1 Å². The second kappa shape index (κ2) is 10.1. The Morgan fingerprint density at radius 2 is 1.97 bits per heavy atom. The van der Waals surface area contributed by atoms with Gasteiger partial charge in [0, 0.05) is 24.4 Å². The first kappa shape index (κ1) is 21.7. The van der Waals surface area contributed by atoms with E-state index in [0.717, 1.165) is 38.2 Å². The highest BCUT2D eigenvalue weighted by molar-refractivity contribution is 8.38. The van der Waals surface area contributed by atoms with Gasteiger partial charge < -0.3 is 0 Å². The zero-order valence-corrected chi connectivity index (χ0v) is 18.9. The van der Waals surface area contributed by atoms with Gasteiger partial charge in [0.1, 0.15) is 4.38 Å². The summed E-state index contributed by atoms with van der Waals surface area (Å²) in [6.45, 7) is 2.71. The molecule has 0 fully saturated rings. The fourth-order valence-corrected chi connectivity index (χ4v) is 4.73. The molecule has 152 valence electrons. The van der Waals surface area contributed by atoms with Gasteiger partial charge in [-0.05, 0) is 58.9 Å². The lowest BCUT2D eigenvalue weighted by molar-refractivity contribution is 0.692. The van der Waals surface area contributed by atoms with Crippen molar-refractivity contribution in [3.8, 4) is 5.69 Å². The number of aromatic nitrogens is 4. The summed E-state index contributed by atoms with van der Waals surface area (Å²) in [5.41, 5.74) is 3.75. The van der Waals surface area contributed by atoms with Crippen LogP contribution in [0.2, 0.25) is 5.02 Å². The monoisotopic (exact) mass is 447 g/mol. The molecule has 0 amide bonds. The molecule has 0 N–H and O–H groups in total. The Balaban J connectivity index is 1.73. The van der Waals surface area contributed by atoms with Crippen LogP contribution in [0, 0.1) is 6.92 Å². The van der Waals surface area contributed by atoms with Crippen molar-refractivity contribution >= 4 is 39.5 Å². The molecule has 1 heterocycles. The molecule has 0 saturated heterocycles. The number of hydrogen-bond acceptors (Lipinski definition) is 6. The molecular weight excluding hydrogens is 426 g/mol. The van der Waals surface area contributed by atoms with E-state index in [-0.39, 0.29) is 5.69 Å². The predicted molar refractivity (Wildman–Crippen MR) is 124 cm³/mol. The molecule has 0 aliphatic rings. The maximum Gasteiger partial charge on any atom is 0.368 e. The third kappa shape index (κ3) is 5.32. The van der Waals surface area contributed by atoms with Gasteiger partial charge in [-0.1, -0.05) is 53.7 Å². The minimum Gasteiger partial charge on any atom is -0.271 e. The Hall–Kier alpha value is -2.03. The minimum absolute atomic E-state index is 0.264. The number of rotatable bonds is 6. The molecular formula is C20H22ClN5OS2. The first-order valence-corrected chi connectivity index (χ1v) is 11.6. The maximum absolute atomic E-state index is 12.3. The summed E-state index contributed by atoms with van der Waals surface area (Å²) in [6.07, 6.45) is 2.82. The van der Waals surface area contributed by atoms with Gasteiger partial charge in [-0.2, -0.15) is 9.36 Å². The van der Waals surface area contributed by atoms with Gasteiger partial charge in [-0.15, -0.1) is 11.8 Å². The van der Waals surface area contributed by atoms with Gasteiger partial charge in [-0.25, -0.2) is 4.79 Å². The third-order valence-corrected chi connectivity index (χ3v) is 6.94. The van der Waals surface area contributed by atoms with Gasteiger partial charge >= 0.3 is 5.69 Å². The summed E-state index contributed by atoms with van der Waals surface area (Å²) < 4.78 is 3.57. The summed E-state index contributed by atoms with van der Waals surface area (Å²) in [5.74, 6) is 0.691. The fraction of sp³-hybridized carbons (Fsp3) is 0.300. The van der Waals surface area contributed by atoms with Crippen molar-refractivity contribution in [1.29, 1.82) is 0 Å². The number of benzene rings is 2. The van der Waals surface area contributed by atoms with Gasteiger partial charge in [0.2, 0.25) is 0 Å². The van der Waals surface area contributed by atoms with Crippen LogP contribution in [0.25, 0.3) is 5.69 Å². The van der Waals surface area contributed by atoms with Crippen LogP contribution in [0.4, 0.5) is 0 Å². The normalized spacial score (nSPS) is 11.8. The molecule has 9 heteroatoms. The number of aliphatic imine (C=N–C) groups is 1. The largest absolute Gasteiger partial charge is 0.368 e. The van der Waals surface area contributed by atoms with Crippen LogP contribution < -0.4 is 5.69 Å². The SMILES string of the molecule is CSC(=NCCc1ccccc1Cl)SCc1c(C)cccc1-n1nnn(C)c1=O. The van der Waals surface area contributed by atoms with Gasteiger partial charge in [0.05, 0.1) is 5.69 Å². The second-order valence-electron chi connectivity index (χ2n) is 6.35. The lowest BCUT2D eigenvalue weighted by Gasteiger charge is -2.11. The van der Waals surface area contributed by atoms with Crippen molar-refractivity contribution in [2.24, 2.45) is 12.0 Å². The predicted octanol–water partition coefficient (Wildman–Crippen LogP) is 4.12. The van der Waals surface area contributed by atoms with E-state index in [1.165, 1.54) is 9.36 Å². The fourth-order valence-electron chi connectivity index (χ4n) is 2.81. The molecule has 0 aliphatic carbocycles. The lowest BCUT2D eigenvalue weighted by Crippen LogP contribution is -2.23. The van der Waals surface area contributed by atoms with Crippen LogP contribution in [0.3, 0.4) is 0 Å². The molecule has 29 heavy (non-hydrogen) atoms. The highest BCUT2D eigenvalue weighted by Crippen LogP contribution is 2.26. The van der Waals surface area contributed by atoms with E-state index in [1.807, 2.05) is 55.6 Å². The number of aryl methyl sites for hydroxylation is 2. The summed E-state index contributed by atoms with van der Waals surface area (Å²) in [5, 5.41) is 8.59. The Labute approximate surface area is 183 Å². The molecule has 3 aromatic rings. The summed E-state index contributed by atoms with van der Waals surface area (Å²) in [6, 6.07) is 13.7. The molecule has 6 nitrogen and oxygen atoms in total. The Morgan fingerprint density at radius 1 is 1.17 bits per heavy atom. The third-order valence-electron chi connectivity index (χ3n) is 4.43. The van der Waals surface area contributed by atoms with Gasteiger partial charge in [0.25, 0.3) is 0 Å². The van der Waals surface area contributed by atoms with Crippen LogP contribution in [0.1, 0.15) is 16.7 Å². The minimum atomic E-state index is -0.264. The Morgan fingerprint density at radius 3 is 2.66 bits per heavy atom. The zero-order valence-electron chi connectivity index (χ0n) is 16.5. The zero-order chi connectivity index (χ0) is 20.8. The van der Waals surface area contributed by atoms with E-state index in [2.05, 4.69) is 10.4 Å². The van der Waals surface area contributed by atoms with Crippen LogP contribution >= 0.6 is 35.1 Å². The van der Waals surface area contributed by atoms with Crippen LogP contribution in [-0.2, 0) is 19.2 Å². The van der Waals surface area contributed by atoms with Crippen LogP contribution in [-0.4, -0.2) is 37.0 Å². The van der Waals surface area contributed by atoms with E-state index >= 15 is 0 Å².